The summed E-state index contributed by atoms with van der Waals surface area (Å²) in [6.07, 6.45) is 1.09. The predicted octanol–water partition coefficient (Wildman–Crippen LogP) is 2.03. The van der Waals surface area contributed by atoms with Crippen molar-refractivity contribution >= 4 is 15.9 Å². The fourth-order valence-corrected chi connectivity index (χ4v) is 0.828. The third kappa shape index (κ3) is 6.52. The standard InChI is InChI=1S/C7H15BrO2/c1-7(5-8)3-4-10-6-9-2/h7H,3-6H2,1-2H3/t7-/m0/s1. The molecular weight excluding hydrogens is 196 g/mol. The Morgan fingerprint density at radius 1 is 1.50 bits per heavy atom. The molecule has 1 atom stereocenters. The van der Waals surface area contributed by atoms with E-state index in [1.807, 2.05) is 0 Å². The average Bonchev–Trinajstić information content (AvgIpc) is 1.98. The van der Waals surface area contributed by atoms with Crippen LogP contribution in [-0.2, 0) is 9.47 Å². The Morgan fingerprint density at radius 2 is 2.20 bits per heavy atom. The first-order valence-electron chi connectivity index (χ1n) is 3.44. The Labute approximate surface area is 71.0 Å². The van der Waals surface area contributed by atoms with Crippen LogP contribution in [0.1, 0.15) is 13.3 Å². The average molecular weight is 211 g/mol. The summed E-state index contributed by atoms with van der Waals surface area (Å²) in [4.78, 5) is 0. The molecule has 0 radical (unpaired) electrons. The minimum absolute atomic E-state index is 0.412. The molecule has 0 saturated heterocycles. The van der Waals surface area contributed by atoms with Crippen LogP contribution in [0, 0.1) is 5.92 Å². The first-order chi connectivity index (χ1) is 4.81. The van der Waals surface area contributed by atoms with Crippen LogP contribution in [0.15, 0.2) is 0 Å². The van der Waals surface area contributed by atoms with Gasteiger partial charge in [0.05, 0.1) is 0 Å². The van der Waals surface area contributed by atoms with Gasteiger partial charge in [-0.3, -0.25) is 0 Å². The fourth-order valence-electron chi connectivity index (χ4n) is 0.504. The van der Waals surface area contributed by atoms with Crippen LogP contribution < -0.4 is 0 Å². The van der Waals surface area contributed by atoms with Crippen molar-refractivity contribution in [3.8, 4) is 0 Å². The SMILES string of the molecule is COCOCC[C@H](C)CBr. The zero-order chi connectivity index (χ0) is 7.82. The van der Waals surface area contributed by atoms with Crippen molar-refractivity contribution in [2.24, 2.45) is 5.92 Å². The largest absolute Gasteiger partial charge is 0.359 e. The van der Waals surface area contributed by atoms with E-state index in [-0.39, 0.29) is 0 Å². The summed E-state index contributed by atoms with van der Waals surface area (Å²) < 4.78 is 9.84. The maximum atomic E-state index is 5.11. The Kier molecular flexibility index (Phi) is 7.81. The van der Waals surface area contributed by atoms with Gasteiger partial charge in [-0.15, -0.1) is 0 Å². The number of rotatable bonds is 6. The molecule has 10 heavy (non-hydrogen) atoms. The van der Waals surface area contributed by atoms with Crippen molar-refractivity contribution in [1.82, 2.24) is 0 Å². The molecule has 0 aromatic rings. The van der Waals surface area contributed by atoms with Gasteiger partial charge < -0.3 is 9.47 Å². The first kappa shape index (κ1) is 10.4. The van der Waals surface area contributed by atoms with Gasteiger partial charge in [0.1, 0.15) is 6.79 Å². The number of hydrogen-bond acceptors (Lipinski definition) is 2. The molecule has 0 aliphatic heterocycles. The maximum absolute atomic E-state index is 5.11. The summed E-state index contributed by atoms with van der Waals surface area (Å²) in [5.41, 5.74) is 0. The zero-order valence-electron chi connectivity index (χ0n) is 6.60. The highest BCUT2D eigenvalue weighted by Gasteiger charge is 1.97. The van der Waals surface area contributed by atoms with Crippen LogP contribution in [-0.4, -0.2) is 25.8 Å². The Bertz CT molecular complexity index is 68.6. The molecule has 0 aromatic carbocycles. The van der Waals surface area contributed by atoms with Gasteiger partial charge in [-0.1, -0.05) is 22.9 Å². The molecule has 0 rings (SSSR count). The minimum Gasteiger partial charge on any atom is -0.359 e. The summed E-state index contributed by atoms with van der Waals surface area (Å²) >= 11 is 3.40. The van der Waals surface area contributed by atoms with Crippen molar-refractivity contribution in [2.75, 3.05) is 25.8 Å². The first-order valence-corrected chi connectivity index (χ1v) is 4.56. The number of methoxy groups -OCH3 is 1. The van der Waals surface area contributed by atoms with Gasteiger partial charge in [0.15, 0.2) is 0 Å². The van der Waals surface area contributed by atoms with E-state index >= 15 is 0 Å². The highest BCUT2D eigenvalue weighted by Crippen LogP contribution is 2.04. The lowest BCUT2D eigenvalue weighted by Gasteiger charge is -2.06. The van der Waals surface area contributed by atoms with Gasteiger partial charge in [0, 0.05) is 19.0 Å². The van der Waals surface area contributed by atoms with Gasteiger partial charge in [-0.05, 0) is 12.3 Å². The van der Waals surface area contributed by atoms with Gasteiger partial charge in [0.2, 0.25) is 0 Å². The van der Waals surface area contributed by atoms with Crippen molar-refractivity contribution in [1.29, 1.82) is 0 Å². The molecule has 62 valence electrons. The number of alkyl halides is 1. The van der Waals surface area contributed by atoms with E-state index in [1.54, 1.807) is 7.11 Å². The van der Waals surface area contributed by atoms with Crippen LogP contribution in [0.5, 0.6) is 0 Å². The van der Waals surface area contributed by atoms with E-state index in [2.05, 4.69) is 22.9 Å². The lowest BCUT2D eigenvalue weighted by molar-refractivity contribution is -0.0333. The van der Waals surface area contributed by atoms with Crippen LogP contribution in [0.4, 0.5) is 0 Å². The monoisotopic (exact) mass is 210 g/mol. The number of halogens is 1. The summed E-state index contributed by atoms with van der Waals surface area (Å²) in [7, 11) is 1.63. The van der Waals surface area contributed by atoms with E-state index in [1.165, 1.54) is 0 Å². The molecule has 0 amide bonds. The van der Waals surface area contributed by atoms with Crippen molar-refractivity contribution < 1.29 is 9.47 Å². The van der Waals surface area contributed by atoms with Crippen LogP contribution in [0.2, 0.25) is 0 Å². The molecule has 0 N–H and O–H groups in total. The lowest BCUT2D eigenvalue weighted by atomic mass is 10.1. The Morgan fingerprint density at radius 3 is 2.70 bits per heavy atom. The van der Waals surface area contributed by atoms with Gasteiger partial charge in [0.25, 0.3) is 0 Å². The van der Waals surface area contributed by atoms with Crippen LogP contribution >= 0.6 is 15.9 Å². The highest BCUT2D eigenvalue weighted by atomic mass is 79.9. The third-order valence-corrected chi connectivity index (χ3v) is 2.32. The molecule has 0 saturated carbocycles. The molecule has 0 aromatic heterocycles. The summed E-state index contributed by atoms with van der Waals surface area (Å²) in [5, 5.41) is 1.04. The summed E-state index contributed by atoms with van der Waals surface area (Å²) in [6.45, 7) is 3.39. The highest BCUT2D eigenvalue weighted by molar-refractivity contribution is 9.09. The molecule has 0 bridgehead atoms. The normalized spacial score (nSPS) is 13.5. The molecule has 3 heteroatoms. The maximum Gasteiger partial charge on any atom is 0.146 e. The topological polar surface area (TPSA) is 18.5 Å². The predicted molar refractivity (Wildman–Crippen MR) is 45.4 cm³/mol. The van der Waals surface area contributed by atoms with Crippen molar-refractivity contribution in [2.45, 2.75) is 13.3 Å². The van der Waals surface area contributed by atoms with E-state index in [0.717, 1.165) is 18.4 Å². The molecule has 0 aliphatic rings. The molecular formula is C7H15BrO2. The van der Waals surface area contributed by atoms with Crippen molar-refractivity contribution in [3.05, 3.63) is 0 Å². The van der Waals surface area contributed by atoms with Gasteiger partial charge in [-0.2, -0.15) is 0 Å². The van der Waals surface area contributed by atoms with Crippen LogP contribution in [0.25, 0.3) is 0 Å². The summed E-state index contributed by atoms with van der Waals surface area (Å²) in [5.74, 6) is 0.692. The number of hydrogen-bond donors (Lipinski definition) is 0. The Balaban J connectivity index is 2.89. The number of ether oxygens (including phenoxy) is 2. The second-order valence-corrected chi connectivity index (χ2v) is 3.01. The molecule has 0 spiro atoms. The van der Waals surface area contributed by atoms with E-state index < -0.39 is 0 Å². The molecule has 0 aliphatic carbocycles. The smallest absolute Gasteiger partial charge is 0.146 e. The van der Waals surface area contributed by atoms with Gasteiger partial charge >= 0.3 is 0 Å². The molecule has 0 unspecified atom stereocenters. The zero-order valence-corrected chi connectivity index (χ0v) is 8.19. The third-order valence-electron chi connectivity index (χ3n) is 1.22. The quantitative estimate of drug-likeness (QED) is 0.380. The second-order valence-electron chi connectivity index (χ2n) is 2.36. The fraction of sp³-hybridized carbons (Fsp3) is 1.00. The lowest BCUT2D eigenvalue weighted by Crippen LogP contribution is -2.04. The second kappa shape index (κ2) is 7.51. The Hall–Kier alpha value is 0.400. The van der Waals surface area contributed by atoms with Gasteiger partial charge in [-0.25, -0.2) is 0 Å². The summed E-state index contributed by atoms with van der Waals surface area (Å²) in [6, 6.07) is 0. The van der Waals surface area contributed by atoms with Crippen molar-refractivity contribution in [3.63, 3.8) is 0 Å². The van der Waals surface area contributed by atoms with E-state index in [0.29, 0.717) is 12.7 Å². The molecule has 0 fully saturated rings. The molecule has 0 heterocycles. The van der Waals surface area contributed by atoms with E-state index in [4.69, 9.17) is 9.47 Å². The minimum atomic E-state index is 0.412. The van der Waals surface area contributed by atoms with Crippen LogP contribution in [0.3, 0.4) is 0 Å². The van der Waals surface area contributed by atoms with E-state index in [9.17, 15) is 0 Å². The molecule has 2 nitrogen and oxygen atoms in total.